The first kappa shape index (κ1) is 15.3. The minimum absolute atomic E-state index is 0.00477. The fourth-order valence-electron chi connectivity index (χ4n) is 1.76. The molecule has 0 atom stereocenters. The van der Waals surface area contributed by atoms with Crippen molar-refractivity contribution in [2.75, 3.05) is 35.0 Å². The van der Waals surface area contributed by atoms with Gasteiger partial charge in [-0.05, 0) is 12.5 Å². The lowest BCUT2D eigenvalue weighted by molar-refractivity contribution is 0.0960. The first-order valence-electron chi connectivity index (χ1n) is 6.00. The van der Waals surface area contributed by atoms with Crippen molar-refractivity contribution in [2.24, 2.45) is 0 Å². The van der Waals surface area contributed by atoms with Gasteiger partial charge in [0.25, 0.3) is 0 Å². The van der Waals surface area contributed by atoms with Gasteiger partial charge in [-0.3, -0.25) is 4.79 Å². The molecule has 5 nitrogen and oxygen atoms in total. The summed E-state index contributed by atoms with van der Waals surface area (Å²) in [6.07, 6.45) is 1.08. The van der Waals surface area contributed by atoms with Crippen LogP contribution in [0.2, 0.25) is 0 Å². The number of ketones is 1. The fraction of sp³-hybridized carbons (Fsp3) is 0.500. The SMILES string of the molecule is COCCCC(=O)c1cc(OC)c(OC)cc1OC. The van der Waals surface area contributed by atoms with Crippen molar-refractivity contribution >= 4 is 5.78 Å². The van der Waals surface area contributed by atoms with Crippen LogP contribution in [0.3, 0.4) is 0 Å². The zero-order valence-electron chi connectivity index (χ0n) is 11.8. The van der Waals surface area contributed by atoms with Gasteiger partial charge >= 0.3 is 0 Å². The lowest BCUT2D eigenvalue weighted by Gasteiger charge is -2.13. The Balaban J connectivity index is 3.00. The van der Waals surface area contributed by atoms with E-state index in [9.17, 15) is 4.79 Å². The van der Waals surface area contributed by atoms with E-state index in [4.69, 9.17) is 18.9 Å². The van der Waals surface area contributed by atoms with Gasteiger partial charge in [-0.1, -0.05) is 0 Å². The standard InChI is InChI=1S/C14H20O5/c1-16-7-5-6-11(15)10-8-13(18-3)14(19-4)9-12(10)17-2/h8-9H,5-7H2,1-4H3. The Hall–Kier alpha value is -1.75. The smallest absolute Gasteiger partial charge is 0.166 e. The summed E-state index contributed by atoms with van der Waals surface area (Å²) in [6, 6.07) is 3.30. The molecule has 106 valence electrons. The van der Waals surface area contributed by atoms with E-state index in [0.29, 0.717) is 42.3 Å². The van der Waals surface area contributed by atoms with Crippen LogP contribution in [-0.2, 0) is 4.74 Å². The molecule has 19 heavy (non-hydrogen) atoms. The van der Waals surface area contributed by atoms with Crippen molar-refractivity contribution in [3.8, 4) is 17.2 Å². The van der Waals surface area contributed by atoms with Crippen molar-refractivity contribution in [1.29, 1.82) is 0 Å². The molecule has 0 unspecified atom stereocenters. The third kappa shape index (κ3) is 3.86. The molecule has 0 radical (unpaired) electrons. The van der Waals surface area contributed by atoms with Crippen molar-refractivity contribution in [3.05, 3.63) is 17.7 Å². The van der Waals surface area contributed by atoms with E-state index in [1.807, 2.05) is 0 Å². The summed E-state index contributed by atoms with van der Waals surface area (Å²) in [5.74, 6) is 1.53. The highest BCUT2D eigenvalue weighted by molar-refractivity contribution is 5.99. The summed E-state index contributed by atoms with van der Waals surface area (Å²) >= 11 is 0. The number of rotatable bonds is 8. The summed E-state index contributed by atoms with van der Waals surface area (Å²) in [5.41, 5.74) is 0.497. The van der Waals surface area contributed by atoms with Crippen LogP contribution in [0.4, 0.5) is 0 Å². The van der Waals surface area contributed by atoms with E-state index in [-0.39, 0.29) is 5.78 Å². The third-order valence-corrected chi connectivity index (χ3v) is 2.76. The van der Waals surface area contributed by atoms with Gasteiger partial charge in [0.05, 0.1) is 26.9 Å². The lowest BCUT2D eigenvalue weighted by Crippen LogP contribution is -2.05. The zero-order valence-corrected chi connectivity index (χ0v) is 11.8. The number of carbonyl (C=O) groups is 1. The fourth-order valence-corrected chi connectivity index (χ4v) is 1.76. The predicted octanol–water partition coefficient (Wildman–Crippen LogP) is 2.32. The quantitative estimate of drug-likeness (QED) is 0.535. The van der Waals surface area contributed by atoms with Crippen LogP contribution in [0.25, 0.3) is 0 Å². The Morgan fingerprint density at radius 1 is 0.947 bits per heavy atom. The van der Waals surface area contributed by atoms with Gasteiger partial charge in [-0.15, -0.1) is 0 Å². The molecular formula is C14H20O5. The van der Waals surface area contributed by atoms with Crippen molar-refractivity contribution in [3.63, 3.8) is 0 Å². The molecule has 0 saturated heterocycles. The predicted molar refractivity (Wildman–Crippen MR) is 71.5 cm³/mol. The van der Waals surface area contributed by atoms with Crippen LogP contribution in [-0.4, -0.2) is 40.8 Å². The average molecular weight is 268 g/mol. The van der Waals surface area contributed by atoms with Gasteiger partial charge < -0.3 is 18.9 Å². The van der Waals surface area contributed by atoms with E-state index in [0.717, 1.165) is 0 Å². The molecule has 0 aliphatic carbocycles. The van der Waals surface area contributed by atoms with E-state index in [2.05, 4.69) is 0 Å². The van der Waals surface area contributed by atoms with Gasteiger partial charge in [0.15, 0.2) is 17.3 Å². The number of ether oxygens (including phenoxy) is 4. The second-order valence-corrected chi connectivity index (χ2v) is 3.93. The molecule has 1 aromatic rings. The molecule has 0 heterocycles. The lowest BCUT2D eigenvalue weighted by atomic mass is 10.0. The van der Waals surface area contributed by atoms with E-state index in [1.165, 1.54) is 21.3 Å². The van der Waals surface area contributed by atoms with Crippen LogP contribution < -0.4 is 14.2 Å². The third-order valence-electron chi connectivity index (χ3n) is 2.76. The monoisotopic (exact) mass is 268 g/mol. The topological polar surface area (TPSA) is 54.0 Å². The van der Waals surface area contributed by atoms with Gasteiger partial charge in [0.2, 0.25) is 0 Å². The number of Topliss-reactive ketones (excluding diaryl/α,β-unsaturated/α-hetero) is 1. The first-order chi connectivity index (χ1) is 9.17. The zero-order chi connectivity index (χ0) is 14.3. The van der Waals surface area contributed by atoms with E-state index in [1.54, 1.807) is 19.2 Å². The maximum atomic E-state index is 12.1. The number of methoxy groups -OCH3 is 4. The van der Waals surface area contributed by atoms with E-state index < -0.39 is 0 Å². The average Bonchev–Trinajstić information content (AvgIpc) is 2.45. The maximum Gasteiger partial charge on any atom is 0.166 e. The van der Waals surface area contributed by atoms with E-state index >= 15 is 0 Å². The maximum absolute atomic E-state index is 12.1. The van der Waals surface area contributed by atoms with Gasteiger partial charge in [-0.25, -0.2) is 0 Å². The number of benzene rings is 1. The van der Waals surface area contributed by atoms with Gasteiger partial charge in [0.1, 0.15) is 5.75 Å². The van der Waals surface area contributed by atoms with Gasteiger partial charge in [-0.2, -0.15) is 0 Å². The van der Waals surface area contributed by atoms with Crippen LogP contribution in [0.1, 0.15) is 23.2 Å². The minimum atomic E-state index is -0.00477. The molecule has 0 aromatic heterocycles. The number of hydrogen-bond donors (Lipinski definition) is 0. The molecule has 5 heteroatoms. The number of carbonyl (C=O) groups excluding carboxylic acids is 1. The second kappa shape index (κ2) is 7.63. The molecule has 0 aliphatic heterocycles. The summed E-state index contributed by atoms with van der Waals surface area (Å²) < 4.78 is 20.5. The molecule has 0 spiro atoms. The van der Waals surface area contributed by atoms with Crippen LogP contribution >= 0.6 is 0 Å². The minimum Gasteiger partial charge on any atom is -0.496 e. The summed E-state index contributed by atoms with van der Waals surface area (Å²) in [5, 5.41) is 0. The van der Waals surface area contributed by atoms with Crippen molar-refractivity contribution in [2.45, 2.75) is 12.8 Å². The Kier molecular flexibility index (Phi) is 6.15. The summed E-state index contributed by atoms with van der Waals surface area (Å²) in [4.78, 5) is 12.1. The highest BCUT2D eigenvalue weighted by Crippen LogP contribution is 2.35. The molecule has 1 aromatic carbocycles. The Morgan fingerprint density at radius 3 is 2.05 bits per heavy atom. The molecule has 0 fully saturated rings. The molecule has 1 rings (SSSR count). The van der Waals surface area contributed by atoms with Crippen molar-refractivity contribution < 1.29 is 23.7 Å². The van der Waals surface area contributed by atoms with Crippen LogP contribution in [0.5, 0.6) is 17.2 Å². The first-order valence-corrected chi connectivity index (χ1v) is 6.00. The molecular weight excluding hydrogens is 248 g/mol. The molecule has 0 amide bonds. The molecule has 0 bridgehead atoms. The molecule has 0 saturated carbocycles. The van der Waals surface area contributed by atoms with Crippen LogP contribution in [0, 0.1) is 0 Å². The Morgan fingerprint density at radius 2 is 1.53 bits per heavy atom. The molecule has 0 N–H and O–H groups in total. The van der Waals surface area contributed by atoms with Crippen LogP contribution in [0.15, 0.2) is 12.1 Å². The highest BCUT2D eigenvalue weighted by Gasteiger charge is 2.17. The Bertz CT molecular complexity index is 428. The van der Waals surface area contributed by atoms with Crippen molar-refractivity contribution in [1.82, 2.24) is 0 Å². The molecule has 0 aliphatic rings. The summed E-state index contributed by atoms with van der Waals surface area (Å²) in [7, 11) is 6.20. The normalized spacial score (nSPS) is 10.1. The van der Waals surface area contributed by atoms with Gasteiger partial charge in [0, 0.05) is 26.2 Å². The highest BCUT2D eigenvalue weighted by atomic mass is 16.5. The Labute approximate surface area is 113 Å². The summed E-state index contributed by atoms with van der Waals surface area (Å²) in [6.45, 7) is 0.557. The number of hydrogen-bond acceptors (Lipinski definition) is 5. The largest absolute Gasteiger partial charge is 0.496 e. The second-order valence-electron chi connectivity index (χ2n) is 3.93.